The van der Waals surface area contributed by atoms with Gasteiger partial charge in [0.25, 0.3) is 5.91 Å². The van der Waals surface area contributed by atoms with Gasteiger partial charge in [-0.3, -0.25) is 14.5 Å². The Morgan fingerprint density at radius 3 is 2.67 bits per heavy atom. The van der Waals surface area contributed by atoms with Crippen LogP contribution in [0.25, 0.3) is 6.08 Å². The number of morpholine rings is 1. The van der Waals surface area contributed by atoms with Gasteiger partial charge in [-0.05, 0) is 30.7 Å². The first-order valence-electron chi connectivity index (χ1n) is 8.92. The van der Waals surface area contributed by atoms with Crippen LogP contribution in [-0.4, -0.2) is 65.4 Å². The molecule has 2 amide bonds. The first-order valence-corrected chi connectivity index (χ1v) is 10.1. The molecule has 0 bridgehead atoms. The lowest BCUT2D eigenvalue weighted by Gasteiger charge is -2.27. The van der Waals surface area contributed by atoms with Crippen molar-refractivity contribution in [2.75, 3.05) is 39.5 Å². The maximum Gasteiger partial charge on any atom is 0.266 e. The van der Waals surface area contributed by atoms with Crippen LogP contribution in [0.4, 0.5) is 0 Å². The zero-order valence-electron chi connectivity index (χ0n) is 15.2. The van der Waals surface area contributed by atoms with E-state index in [2.05, 4.69) is 0 Å². The minimum absolute atomic E-state index is 0.0304. The lowest BCUT2D eigenvalue weighted by molar-refractivity contribution is -0.135. The van der Waals surface area contributed by atoms with Crippen molar-refractivity contribution in [3.63, 3.8) is 0 Å². The van der Waals surface area contributed by atoms with E-state index in [0.29, 0.717) is 48.7 Å². The average molecular weight is 407 g/mol. The van der Waals surface area contributed by atoms with E-state index >= 15 is 0 Å². The molecule has 0 atom stereocenters. The van der Waals surface area contributed by atoms with E-state index in [1.807, 2.05) is 37.3 Å². The van der Waals surface area contributed by atoms with Crippen LogP contribution in [-0.2, 0) is 14.3 Å². The number of hydrogen-bond acceptors (Lipinski definition) is 6. The van der Waals surface area contributed by atoms with Gasteiger partial charge in [0.2, 0.25) is 5.91 Å². The van der Waals surface area contributed by atoms with E-state index in [-0.39, 0.29) is 18.2 Å². The van der Waals surface area contributed by atoms with Gasteiger partial charge < -0.3 is 14.4 Å². The first kappa shape index (κ1) is 19.9. The number of nitrogens with zero attached hydrogens (tertiary/aromatic N) is 2. The summed E-state index contributed by atoms with van der Waals surface area (Å²) in [4.78, 5) is 28.8. The Morgan fingerprint density at radius 2 is 2.00 bits per heavy atom. The van der Waals surface area contributed by atoms with Crippen molar-refractivity contribution in [1.82, 2.24) is 9.80 Å². The third-order valence-electron chi connectivity index (χ3n) is 4.28. The van der Waals surface area contributed by atoms with Crippen LogP contribution in [0.2, 0.25) is 0 Å². The van der Waals surface area contributed by atoms with Crippen molar-refractivity contribution in [3.8, 4) is 5.75 Å². The number of hydrogen-bond donors (Lipinski definition) is 0. The Hall–Kier alpha value is -1.90. The lowest BCUT2D eigenvalue weighted by Crippen LogP contribution is -2.42. The highest BCUT2D eigenvalue weighted by Crippen LogP contribution is 2.32. The Bertz CT molecular complexity index is 743. The van der Waals surface area contributed by atoms with Crippen LogP contribution in [0, 0.1) is 0 Å². The molecule has 2 fully saturated rings. The van der Waals surface area contributed by atoms with Gasteiger partial charge in [0, 0.05) is 26.1 Å². The summed E-state index contributed by atoms with van der Waals surface area (Å²) in [6.07, 6.45) is 2.08. The Kier molecular flexibility index (Phi) is 6.87. The second-order valence-electron chi connectivity index (χ2n) is 6.08. The van der Waals surface area contributed by atoms with Gasteiger partial charge in [0.05, 0.1) is 24.7 Å². The van der Waals surface area contributed by atoms with Gasteiger partial charge in [-0.2, -0.15) is 0 Å². The second-order valence-corrected chi connectivity index (χ2v) is 7.75. The Morgan fingerprint density at radius 1 is 1.30 bits per heavy atom. The highest BCUT2D eigenvalue weighted by molar-refractivity contribution is 8.26. The van der Waals surface area contributed by atoms with E-state index in [4.69, 9.17) is 21.7 Å². The summed E-state index contributed by atoms with van der Waals surface area (Å²) in [6, 6.07) is 7.55. The molecule has 2 aliphatic heterocycles. The second kappa shape index (κ2) is 9.34. The van der Waals surface area contributed by atoms with Crippen molar-refractivity contribution >= 4 is 46.2 Å². The van der Waals surface area contributed by atoms with Crippen molar-refractivity contribution in [2.24, 2.45) is 0 Å². The molecule has 0 aliphatic carbocycles. The van der Waals surface area contributed by atoms with Crippen LogP contribution in [0.5, 0.6) is 5.75 Å². The molecule has 144 valence electrons. The predicted octanol–water partition coefficient (Wildman–Crippen LogP) is 2.54. The Balaban J connectivity index is 1.59. The number of carbonyl (C=O) groups excluding carboxylic acids is 2. The van der Waals surface area contributed by atoms with Gasteiger partial charge in [0.1, 0.15) is 10.1 Å². The zero-order chi connectivity index (χ0) is 19.2. The van der Waals surface area contributed by atoms with E-state index in [0.717, 1.165) is 11.3 Å². The summed E-state index contributed by atoms with van der Waals surface area (Å²) in [5.41, 5.74) is 0.906. The largest absolute Gasteiger partial charge is 0.494 e. The van der Waals surface area contributed by atoms with Crippen LogP contribution in [0.15, 0.2) is 29.2 Å². The molecule has 8 heteroatoms. The molecule has 2 aliphatic rings. The third kappa shape index (κ3) is 5.09. The normalized spacial score (nSPS) is 19.1. The number of thioether (sulfide) groups is 1. The SMILES string of the molecule is CCOc1ccc(/C=C2/SC(=S)N(CCC(=O)N3CCOCC3)C2=O)cc1. The molecule has 0 spiro atoms. The smallest absolute Gasteiger partial charge is 0.266 e. The summed E-state index contributed by atoms with van der Waals surface area (Å²) in [5, 5.41) is 0. The molecule has 27 heavy (non-hydrogen) atoms. The summed E-state index contributed by atoms with van der Waals surface area (Å²) in [5.74, 6) is 0.681. The van der Waals surface area contributed by atoms with Gasteiger partial charge >= 0.3 is 0 Å². The quantitative estimate of drug-likeness (QED) is 0.535. The number of ether oxygens (including phenoxy) is 2. The molecule has 2 heterocycles. The number of amides is 2. The zero-order valence-corrected chi connectivity index (χ0v) is 16.8. The Labute approximate surface area is 168 Å². The van der Waals surface area contributed by atoms with Crippen molar-refractivity contribution in [2.45, 2.75) is 13.3 Å². The third-order valence-corrected chi connectivity index (χ3v) is 5.65. The van der Waals surface area contributed by atoms with Gasteiger partial charge in [-0.15, -0.1) is 0 Å². The fourth-order valence-electron chi connectivity index (χ4n) is 2.85. The summed E-state index contributed by atoms with van der Waals surface area (Å²) >= 11 is 6.61. The molecule has 0 aromatic heterocycles. The highest BCUT2D eigenvalue weighted by Gasteiger charge is 2.32. The van der Waals surface area contributed by atoms with Crippen LogP contribution in [0.3, 0.4) is 0 Å². The van der Waals surface area contributed by atoms with Gasteiger partial charge in [-0.25, -0.2) is 0 Å². The number of benzene rings is 1. The summed E-state index contributed by atoms with van der Waals surface area (Å²) in [7, 11) is 0. The molecule has 3 rings (SSSR count). The number of thiocarbonyl (C=S) groups is 1. The molecular formula is C19H22N2O4S2. The van der Waals surface area contributed by atoms with Crippen LogP contribution < -0.4 is 4.74 Å². The molecular weight excluding hydrogens is 384 g/mol. The molecule has 0 saturated carbocycles. The minimum Gasteiger partial charge on any atom is -0.494 e. The van der Waals surface area contributed by atoms with Crippen molar-refractivity contribution < 1.29 is 19.1 Å². The fraction of sp³-hybridized carbons (Fsp3) is 0.421. The predicted molar refractivity (Wildman–Crippen MR) is 110 cm³/mol. The summed E-state index contributed by atoms with van der Waals surface area (Å²) in [6.45, 7) is 5.20. The fourth-order valence-corrected chi connectivity index (χ4v) is 4.16. The number of rotatable bonds is 6. The van der Waals surface area contributed by atoms with E-state index in [1.54, 1.807) is 4.90 Å². The van der Waals surface area contributed by atoms with Gasteiger partial charge in [0.15, 0.2) is 0 Å². The molecule has 0 radical (unpaired) electrons. The van der Waals surface area contributed by atoms with E-state index in [9.17, 15) is 9.59 Å². The van der Waals surface area contributed by atoms with Crippen LogP contribution >= 0.6 is 24.0 Å². The molecule has 0 unspecified atom stereocenters. The van der Waals surface area contributed by atoms with Crippen LogP contribution in [0.1, 0.15) is 18.9 Å². The van der Waals surface area contributed by atoms with Gasteiger partial charge in [-0.1, -0.05) is 36.1 Å². The van der Waals surface area contributed by atoms with E-state index in [1.165, 1.54) is 16.7 Å². The van der Waals surface area contributed by atoms with E-state index < -0.39 is 0 Å². The number of carbonyl (C=O) groups is 2. The molecule has 1 aromatic carbocycles. The molecule has 0 N–H and O–H groups in total. The van der Waals surface area contributed by atoms with Crippen molar-refractivity contribution in [1.29, 1.82) is 0 Å². The molecule has 6 nitrogen and oxygen atoms in total. The highest BCUT2D eigenvalue weighted by atomic mass is 32.2. The maximum atomic E-state index is 12.7. The monoisotopic (exact) mass is 406 g/mol. The first-order chi connectivity index (χ1) is 13.1. The maximum absolute atomic E-state index is 12.7. The lowest BCUT2D eigenvalue weighted by atomic mass is 10.2. The van der Waals surface area contributed by atoms with Crippen molar-refractivity contribution in [3.05, 3.63) is 34.7 Å². The average Bonchev–Trinajstić information content (AvgIpc) is 2.95. The standard InChI is InChI=1S/C19H22N2O4S2/c1-2-25-15-5-3-14(4-6-15)13-16-18(23)21(19(26)27-16)8-7-17(22)20-9-11-24-12-10-20/h3-6,13H,2,7-12H2,1H3/b16-13+. The molecule has 1 aromatic rings. The minimum atomic E-state index is -0.145. The topological polar surface area (TPSA) is 59.1 Å². The summed E-state index contributed by atoms with van der Waals surface area (Å²) < 4.78 is 11.2. The molecule has 2 saturated heterocycles.